The highest BCUT2D eigenvalue weighted by Gasteiger charge is 2.51. The predicted octanol–water partition coefficient (Wildman–Crippen LogP) is 2.06. The van der Waals surface area contributed by atoms with Crippen molar-refractivity contribution in [1.29, 1.82) is 0 Å². The molecule has 7 nitrogen and oxygen atoms in total. The lowest BCUT2D eigenvalue weighted by Gasteiger charge is -2.25. The van der Waals surface area contributed by atoms with Gasteiger partial charge in [-0.15, -0.1) is 0 Å². The summed E-state index contributed by atoms with van der Waals surface area (Å²) in [7, 11) is -2.45. The first-order chi connectivity index (χ1) is 11.7. The molecule has 1 aliphatic rings. The van der Waals surface area contributed by atoms with Gasteiger partial charge in [-0.3, -0.25) is 4.79 Å². The summed E-state index contributed by atoms with van der Waals surface area (Å²) >= 11 is 0. The van der Waals surface area contributed by atoms with Gasteiger partial charge in [-0.1, -0.05) is 24.3 Å². The number of fused-ring (bicyclic) bond motifs is 1. The van der Waals surface area contributed by atoms with E-state index >= 15 is 0 Å². The Labute approximate surface area is 145 Å². The zero-order valence-electron chi connectivity index (χ0n) is 14.1. The zero-order valence-corrected chi connectivity index (χ0v) is 14.9. The molecule has 8 heteroatoms. The number of aliphatic hydroxyl groups excluding tert-OH is 1. The van der Waals surface area contributed by atoms with E-state index in [1.807, 2.05) is 18.2 Å². The Morgan fingerprint density at radius 3 is 2.60 bits per heavy atom. The summed E-state index contributed by atoms with van der Waals surface area (Å²) in [5.41, 5.74) is -0.638. The Hall–Kier alpha value is -2.61. The Balaban J connectivity index is 2.04. The molecular formula is C17H18N2O5S. The van der Waals surface area contributed by atoms with E-state index < -0.39 is 27.2 Å². The molecule has 1 N–H and O–H groups in total. The third-order valence-electron chi connectivity index (χ3n) is 4.31. The monoisotopic (exact) mass is 362 g/mol. The van der Waals surface area contributed by atoms with Crippen molar-refractivity contribution in [1.82, 2.24) is 9.29 Å². The standard InChI is InChI=1S/C17H18N2O5S/c1-4-25(22,23)19(3)16-14(20)15(21)17(2,24-16)13-10-9-11-7-5-6-8-12(11)18-13/h5-10,20H,4H2,1-3H3. The summed E-state index contributed by atoms with van der Waals surface area (Å²) in [6.07, 6.45) is 0. The van der Waals surface area contributed by atoms with E-state index in [9.17, 15) is 18.3 Å². The molecule has 0 saturated heterocycles. The van der Waals surface area contributed by atoms with Crippen LogP contribution in [-0.2, 0) is 25.2 Å². The highest BCUT2D eigenvalue weighted by molar-refractivity contribution is 7.89. The first kappa shape index (κ1) is 17.2. The Morgan fingerprint density at radius 2 is 1.92 bits per heavy atom. The molecule has 25 heavy (non-hydrogen) atoms. The van der Waals surface area contributed by atoms with Crippen LogP contribution in [0.1, 0.15) is 19.5 Å². The van der Waals surface area contributed by atoms with E-state index in [0.29, 0.717) is 11.2 Å². The number of ether oxygens (including phenoxy) is 1. The van der Waals surface area contributed by atoms with Gasteiger partial charge in [-0.05, 0) is 26.0 Å². The van der Waals surface area contributed by atoms with Crippen LogP contribution in [0.25, 0.3) is 10.9 Å². The number of benzene rings is 1. The molecule has 0 spiro atoms. The average molecular weight is 362 g/mol. The van der Waals surface area contributed by atoms with Crippen molar-refractivity contribution in [3.63, 3.8) is 0 Å². The van der Waals surface area contributed by atoms with Crippen molar-refractivity contribution in [2.24, 2.45) is 0 Å². The number of pyridine rings is 1. The molecule has 0 radical (unpaired) electrons. The van der Waals surface area contributed by atoms with Crippen LogP contribution in [0, 0.1) is 0 Å². The largest absolute Gasteiger partial charge is 0.501 e. The van der Waals surface area contributed by atoms with E-state index in [4.69, 9.17) is 4.74 Å². The zero-order chi connectivity index (χ0) is 18.4. The molecule has 132 valence electrons. The Bertz CT molecular complexity index is 999. The topological polar surface area (TPSA) is 96.8 Å². The Morgan fingerprint density at radius 1 is 1.24 bits per heavy atom. The molecule has 2 aromatic rings. The van der Waals surface area contributed by atoms with Crippen LogP contribution in [0.15, 0.2) is 48.0 Å². The number of sulfonamides is 1. The van der Waals surface area contributed by atoms with Gasteiger partial charge < -0.3 is 9.84 Å². The second-order valence-corrected chi connectivity index (χ2v) is 8.16. The van der Waals surface area contributed by atoms with Crippen LogP contribution < -0.4 is 0 Å². The van der Waals surface area contributed by atoms with Crippen LogP contribution in [-0.4, -0.2) is 41.4 Å². The van der Waals surface area contributed by atoms with E-state index in [0.717, 1.165) is 9.69 Å². The van der Waals surface area contributed by atoms with Crippen LogP contribution >= 0.6 is 0 Å². The summed E-state index contributed by atoms with van der Waals surface area (Å²) in [4.78, 5) is 17.0. The number of aliphatic hydroxyl groups is 1. The fourth-order valence-corrected chi connectivity index (χ4v) is 3.41. The quantitative estimate of drug-likeness (QED) is 0.894. The second-order valence-electron chi connectivity index (χ2n) is 5.88. The van der Waals surface area contributed by atoms with Gasteiger partial charge in [0.15, 0.2) is 0 Å². The number of para-hydroxylation sites is 1. The smallest absolute Gasteiger partial charge is 0.252 e. The molecule has 0 aliphatic carbocycles. The van der Waals surface area contributed by atoms with Crippen LogP contribution in [0.5, 0.6) is 0 Å². The molecule has 0 saturated carbocycles. The van der Waals surface area contributed by atoms with Crippen LogP contribution in [0.3, 0.4) is 0 Å². The number of nitrogens with zero attached hydrogens (tertiary/aromatic N) is 2. The van der Waals surface area contributed by atoms with E-state index in [1.54, 1.807) is 18.2 Å². The predicted molar refractivity (Wildman–Crippen MR) is 92.1 cm³/mol. The van der Waals surface area contributed by atoms with Crippen molar-refractivity contribution in [2.75, 3.05) is 12.8 Å². The number of aromatic nitrogens is 1. The summed E-state index contributed by atoms with van der Waals surface area (Å²) in [6.45, 7) is 2.92. The van der Waals surface area contributed by atoms with E-state index in [2.05, 4.69) is 4.98 Å². The van der Waals surface area contributed by atoms with Gasteiger partial charge in [-0.2, -0.15) is 0 Å². The molecule has 2 heterocycles. The summed E-state index contributed by atoms with van der Waals surface area (Å²) in [5, 5.41) is 11.1. The second kappa shape index (κ2) is 5.73. The molecule has 1 aliphatic heterocycles. The molecule has 0 amide bonds. The van der Waals surface area contributed by atoms with Crippen molar-refractivity contribution < 1.29 is 23.1 Å². The molecule has 0 fully saturated rings. The fourth-order valence-electron chi connectivity index (χ4n) is 2.64. The first-order valence-corrected chi connectivity index (χ1v) is 9.31. The van der Waals surface area contributed by atoms with E-state index in [-0.39, 0.29) is 11.6 Å². The molecule has 1 atom stereocenters. The highest BCUT2D eigenvalue weighted by Crippen LogP contribution is 2.39. The maximum absolute atomic E-state index is 12.6. The van der Waals surface area contributed by atoms with Crippen molar-refractivity contribution in [3.8, 4) is 0 Å². The number of hydrogen-bond acceptors (Lipinski definition) is 6. The molecule has 0 bridgehead atoms. The average Bonchev–Trinajstić information content (AvgIpc) is 2.85. The van der Waals surface area contributed by atoms with Gasteiger partial charge in [0.05, 0.1) is 17.0 Å². The minimum Gasteiger partial charge on any atom is -0.501 e. The van der Waals surface area contributed by atoms with Gasteiger partial charge in [0.25, 0.3) is 11.7 Å². The molecule has 1 aromatic carbocycles. The third-order valence-corrected chi connectivity index (χ3v) is 6.04. The van der Waals surface area contributed by atoms with E-state index in [1.165, 1.54) is 20.9 Å². The normalized spacial score (nSPS) is 20.8. The number of carbonyl (C=O) groups is 1. The fraction of sp³-hybridized carbons (Fsp3) is 0.294. The molecule has 1 unspecified atom stereocenters. The van der Waals surface area contributed by atoms with Gasteiger partial charge in [0.1, 0.15) is 0 Å². The van der Waals surface area contributed by atoms with Crippen molar-refractivity contribution >= 4 is 26.7 Å². The number of carbonyl (C=O) groups excluding carboxylic acids is 1. The lowest BCUT2D eigenvalue weighted by atomic mass is 9.95. The highest BCUT2D eigenvalue weighted by atomic mass is 32.2. The Kier molecular flexibility index (Phi) is 3.95. The minimum atomic E-state index is -3.69. The lowest BCUT2D eigenvalue weighted by molar-refractivity contribution is -0.132. The lowest BCUT2D eigenvalue weighted by Crippen LogP contribution is -2.34. The number of rotatable bonds is 4. The number of hydrogen-bond donors (Lipinski definition) is 1. The SMILES string of the molecule is CCS(=O)(=O)N(C)C1=C(O)C(=O)C(C)(c2ccc3ccccc3n2)O1. The molecule has 3 rings (SSSR count). The van der Waals surface area contributed by atoms with Gasteiger partial charge >= 0.3 is 0 Å². The van der Waals surface area contributed by atoms with Crippen LogP contribution in [0.2, 0.25) is 0 Å². The molecule has 1 aromatic heterocycles. The maximum atomic E-state index is 12.6. The number of ketones is 1. The first-order valence-electron chi connectivity index (χ1n) is 7.70. The minimum absolute atomic E-state index is 0.192. The summed E-state index contributed by atoms with van der Waals surface area (Å²) in [6, 6.07) is 10.8. The van der Waals surface area contributed by atoms with Gasteiger partial charge in [0, 0.05) is 12.4 Å². The van der Waals surface area contributed by atoms with Gasteiger partial charge in [-0.25, -0.2) is 17.7 Å². The summed E-state index contributed by atoms with van der Waals surface area (Å²) in [5.74, 6) is -2.03. The maximum Gasteiger partial charge on any atom is 0.252 e. The third kappa shape index (κ3) is 2.62. The summed E-state index contributed by atoms with van der Waals surface area (Å²) < 4.78 is 30.5. The number of Topliss-reactive ketones (excluding diaryl/α,β-unsaturated/α-hetero) is 1. The van der Waals surface area contributed by atoms with Crippen molar-refractivity contribution in [3.05, 3.63) is 53.7 Å². The van der Waals surface area contributed by atoms with Crippen LogP contribution in [0.4, 0.5) is 0 Å². The molecular weight excluding hydrogens is 344 g/mol. The van der Waals surface area contributed by atoms with Gasteiger partial charge in [0.2, 0.25) is 21.4 Å². The van der Waals surface area contributed by atoms with Crippen molar-refractivity contribution in [2.45, 2.75) is 19.4 Å².